The molecule has 1 saturated carbocycles. The van der Waals surface area contributed by atoms with Gasteiger partial charge in [0, 0.05) is 12.0 Å². The second-order valence-electron chi connectivity index (χ2n) is 7.34. The van der Waals surface area contributed by atoms with E-state index in [4.69, 9.17) is 0 Å². The minimum absolute atomic E-state index is 0. The predicted octanol–water partition coefficient (Wildman–Crippen LogP) is 3.52. The van der Waals surface area contributed by atoms with Crippen LogP contribution in [0.15, 0.2) is 0 Å². The molecule has 2 rings (SSSR count). The molecule has 1 aliphatic carbocycles. The lowest BCUT2D eigenvalue weighted by molar-refractivity contribution is -0.131. The fourth-order valence-corrected chi connectivity index (χ4v) is 4.10. The molecule has 0 aromatic heterocycles. The number of hydrogen-bond donors (Lipinski definition) is 2. The van der Waals surface area contributed by atoms with E-state index in [-0.39, 0.29) is 17.8 Å². The summed E-state index contributed by atoms with van der Waals surface area (Å²) in [4.78, 5) is 12.6. The molecule has 4 heteroatoms. The number of hydrogen-bond acceptors (Lipinski definition) is 2. The number of piperidine rings is 1. The van der Waals surface area contributed by atoms with Gasteiger partial charge in [-0.15, -0.1) is 12.4 Å². The molecule has 2 aliphatic rings. The molecular formula is C17H33ClN2O. The molecule has 1 unspecified atom stereocenters. The van der Waals surface area contributed by atoms with Crippen LogP contribution in [0, 0.1) is 17.3 Å². The Labute approximate surface area is 136 Å². The second kappa shape index (κ2) is 8.99. The summed E-state index contributed by atoms with van der Waals surface area (Å²) in [6, 6.07) is 0. The summed E-state index contributed by atoms with van der Waals surface area (Å²) in [5.74, 6) is 1.71. The highest BCUT2D eigenvalue weighted by Gasteiger charge is 2.41. The van der Waals surface area contributed by atoms with E-state index >= 15 is 0 Å². The average molecular weight is 317 g/mol. The number of rotatable bonds is 6. The molecular weight excluding hydrogens is 284 g/mol. The Kier molecular flexibility index (Phi) is 8.04. The zero-order valence-corrected chi connectivity index (χ0v) is 14.6. The normalized spacial score (nSPS) is 24.6. The van der Waals surface area contributed by atoms with Gasteiger partial charge >= 0.3 is 0 Å². The SMILES string of the molecule is CC(C)CC1(C(=O)NCCC2CCCNC2)CCCC1.Cl. The summed E-state index contributed by atoms with van der Waals surface area (Å²) >= 11 is 0. The van der Waals surface area contributed by atoms with Crippen molar-refractivity contribution in [1.82, 2.24) is 10.6 Å². The van der Waals surface area contributed by atoms with Crippen molar-refractivity contribution in [2.24, 2.45) is 17.3 Å². The van der Waals surface area contributed by atoms with E-state index in [0.717, 1.165) is 44.7 Å². The van der Waals surface area contributed by atoms with Gasteiger partial charge in [0.15, 0.2) is 0 Å². The fraction of sp³-hybridized carbons (Fsp3) is 0.941. The van der Waals surface area contributed by atoms with Crippen LogP contribution in [0.3, 0.4) is 0 Å². The van der Waals surface area contributed by atoms with Crippen molar-refractivity contribution in [3.05, 3.63) is 0 Å². The molecule has 0 radical (unpaired) electrons. The van der Waals surface area contributed by atoms with Crippen LogP contribution in [0.4, 0.5) is 0 Å². The lowest BCUT2D eigenvalue weighted by Crippen LogP contribution is -2.41. The maximum Gasteiger partial charge on any atom is 0.226 e. The van der Waals surface area contributed by atoms with Crippen LogP contribution >= 0.6 is 12.4 Å². The quantitative estimate of drug-likeness (QED) is 0.787. The van der Waals surface area contributed by atoms with E-state index in [1.807, 2.05) is 0 Å². The van der Waals surface area contributed by atoms with E-state index in [2.05, 4.69) is 24.5 Å². The van der Waals surface area contributed by atoms with Crippen molar-refractivity contribution >= 4 is 18.3 Å². The van der Waals surface area contributed by atoms with Gasteiger partial charge in [-0.05, 0) is 63.5 Å². The summed E-state index contributed by atoms with van der Waals surface area (Å²) < 4.78 is 0. The van der Waals surface area contributed by atoms with Crippen molar-refractivity contribution in [3.63, 3.8) is 0 Å². The van der Waals surface area contributed by atoms with Crippen molar-refractivity contribution in [2.75, 3.05) is 19.6 Å². The molecule has 0 aromatic carbocycles. The van der Waals surface area contributed by atoms with Crippen LogP contribution in [-0.4, -0.2) is 25.5 Å². The fourth-order valence-electron chi connectivity index (χ4n) is 4.10. The van der Waals surface area contributed by atoms with Gasteiger partial charge in [-0.3, -0.25) is 4.79 Å². The molecule has 1 amide bonds. The van der Waals surface area contributed by atoms with Gasteiger partial charge in [-0.1, -0.05) is 26.7 Å². The van der Waals surface area contributed by atoms with Crippen molar-refractivity contribution in [3.8, 4) is 0 Å². The van der Waals surface area contributed by atoms with Crippen molar-refractivity contribution in [1.29, 1.82) is 0 Å². The van der Waals surface area contributed by atoms with E-state index in [1.165, 1.54) is 32.2 Å². The Morgan fingerprint density at radius 1 is 1.29 bits per heavy atom. The van der Waals surface area contributed by atoms with Crippen molar-refractivity contribution in [2.45, 2.75) is 65.2 Å². The number of carbonyl (C=O) groups excluding carboxylic acids is 1. The van der Waals surface area contributed by atoms with Crippen LogP contribution in [0.25, 0.3) is 0 Å². The maximum absolute atomic E-state index is 12.6. The molecule has 2 fully saturated rings. The number of nitrogens with one attached hydrogen (secondary N) is 2. The topological polar surface area (TPSA) is 41.1 Å². The van der Waals surface area contributed by atoms with Gasteiger partial charge in [0.1, 0.15) is 0 Å². The molecule has 3 nitrogen and oxygen atoms in total. The van der Waals surface area contributed by atoms with Gasteiger partial charge in [0.25, 0.3) is 0 Å². The van der Waals surface area contributed by atoms with Crippen LogP contribution in [0.1, 0.15) is 65.2 Å². The summed E-state index contributed by atoms with van der Waals surface area (Å²) in [6.07, 6.45) is 9.46. The third-order valence-electron chi connectivity index (χ3n) is 5.08. The van der Waals surface area contributed by atoms with Crippen LogP contribution < -0.4 is 10.6 Å². The van der Waals surface area contributed by atoms with Gasteiger partial charge in [-0.25, -0.2) is 0 Å². The highest BCUT2D eigenvalue weighted by atomic mass is 35.5. The smallest absolute Gasteiger partial charge is 0.226 e. The molecule has 1 heterocycles. The van der Waals surface area contributed by atoms with Crippen molar-refractivity contribution < 1.29 is 4.79 Å². The monoisotopic (exact) mass is 316 g/mol. The van der Waals surface area contributed by atoms with Gasteiger partial charge in [-0.2, -0.15) is 0 Å². The average Bonchev–Trinajstić information content (AvgIpc) is 2.89. The second-order valence-corrected chi connectivity index (χ2v) is 7.34. The molecule has 0 bridgehead atoms. The largest absolute Gasteiger partial charge is 0.356 e. The summed E-state index contributed by atoms with van der Waals surface area (Å²) in [5.41, 5.74) is -0.0427. The summed E-state index contributed by atoms with van der Waals surface area (Å²) in [5, 5.41) is 6.70. The Morgan fingerprint density at radius 2 is 2.00 bits per heavy atom. The summed E-state index contributed by atoms with van der Waals surface area (Å²) in [6.45, 7) is 7.64. The Morgan fingerprint density at radius 3 is 2.57 bits per heavy atom. The standard InChI is InChI=1S/C17H32N2O.ClH/c1-14(2)12-17(8-3-4-9-17)16(20)19-11-7-15-6-5-10-18-13-15;/h14-15,18H,3-13H2,1-2H3,(H,19,20);1H. The van der Waals surface area contributed by atoms with E-state index in [1.54, 1.807) is 0 Å². The van der Waals surface area contributed by atoms with Gasteiger partial charge in [0.2, 0.25) is 5.91 Å². The first kappa shape index (κ1) is 18.8. The predicted molar refractivity (Wildman–Crippen MR) is 90.8 cm³/mol. The zero-order valence-electron chi connectivity index (χ0n) is 13.7. The maximum atomic E-state index is 12.6. The highest BCUT2D eigenvalue weighted by Crippen LogP contribution is 2.43. The molecule has 124 valence electrons. The molecule has 1 aliphatic heterocycles. The lowest BCUT2D eigenvalue weighted by atomic mass is 9.77. The molecule has 21 heavy (non-hydrogen) atoms. The first-order valence-electron chi connectivity index (χ1n) is 8.61. The lowest BCUT2D eigenvalue weighted by Gasteiger charge is -2.30. The molecule has 1 saturated heterocycles. The Bertz CT molecular complexity index is 308. The molecule has 0 aromatic rings. The minimum Gasteiger partial charge on any atom is -0.356 e. The van der Waals surface area contributed by atoms with Crippen LogP contribution in [0.5, 0.6) is 0 Å². The van der Waals surface area contributed by atoms with Crippen LogP contribution in [-0.2, 0) is 4.79 Å². The van der Waals surface area contributed by atoms with Gasteiger partial charge in [0.05, 0.1) is 0 Å². The third kappa shape index (κ3) is 5.45. The zero-order chi connectivity index (χ0) is 14.4. The Hall–Kier alpha value is -0.280. The van der Waals surface area contributed by atoms with Crippen LogP contribution in [0.2, 0.25) is 0 Å². The first-order valence-corrected chi connectivity index (χ1v) is 8.61. The van der Waals surface area contributed by atoms with E-state index in [9.17, 15) is 4.79 Å². The molecule has 2 N–H and O–H groups in total. The van der Waals surface area contributed by atoms with E-state index < -0.39 is 0 Å². The highest BCUT2D eigenvalue weighted by molar-refractivity contribution is 5.85. The third-order valence-corrected chi connectivity index (χ3v) is 5.08. The molecule has 0 spiro atoms. The minimum atomic E-state index is -0.0427. The Balaban J connectivity index is 0.00000220. The van der Waals surface area contributed by atoms with E-state index in [0.29, 0.717) is 11.8 Å². The number of carbonyl (C=O) groups is 1. The number of amides is 1. The molecule has 1 atom stereocenters. The first-order chi connectivity index (χ1) is 9.62. The summed E-state index contributed by atoms with van der Waals surface area (Å²) in [7, 11) is 0. The number of halogens is 1. The van der Waals surface area contributed by atoms with Gasteiger partial charge < -0.3 is 10.6 Å².